The van der Waals surface area contributed by atoms with E-state index in [1.165, 1.54) is 18.3 Å². The molecule has 0 unspecified atom stereocenters. The first kappa shape index (κ1) is 21.1. The molecule has 3 rings (SSSR count). The number of aromatic nitrogens is 2. The number of primary amides is 1. The zero-order valence-corrected chi connectivity index (χ0v) is 16.2. The summed E-state index contributed by atoms with van der Waals surface area (Å²) in [4.78, 5) is 27.3. The second kappa shape index (κ2) is 8.03. The Morgan fingerprint density at radius 2 is 2.00 bits per heavy atom. The van der Waals surface area contributed by atoms with Crippen LogP contribution in [0.5, 0.6) is 0 Å². The summed E-state index contributed by atoms with van der Waals surface area (Å²) < 4.78 is 40.0. The van der Waals surface area contributed by atoms with Crippen LogP contribution < -0.4 is 5.73 Å². The van der Waals surface area contributed by atoms with Gasteiger partial charge in [0.1, 0.15) is 0 Å². The highest BCUT2D eigenvalue weighted by Gasteiger charge is 2.32. The van der Waals surface area contributed by atoms with E-state index in [1.54, 1.807) is 4.90 Å². The first-order chi connectivity index (χ1) is 13.5. The Kier molecular flexibility index (Phi) is 5.85. The highest BCUT2D eigenvalue weighted by Crippen LogP contribution is 2.32. The van der Waals surface area contributed by atoms with Crippen LogP contribution in [0, 0.1) is 0 Å². The summed E-state index contributed by atoms with van der Waals surface area (Å²) in [6.07, 6.45) is -3.10. The van der Waals surface area contributed by atoms with Gasteiger partial charge in [-0.25, -0.2) is 4.79 Å². The molecule has 0 radical (unpaired) electrons. The second-order valence-electron chi connectivity index (χ2n) is 6.92. The Bertz CT molecular complexity index is 930. The first-order valence-electron chi connectivity index (χ1n) is 8.80. The van der Waals surface area contributed by atoms with Crippen LogP contribution in [0.1, 0.15) is 28.5 Å². The zero-order chi connectivity index (χ0) is 21.3. The molecule has 1 aliphatic heterocycles. The summed E-state index contributed by atoms with van der Waals surface area (Å²) in [5.41, 5.74) is 4.81. The van der Waals surface area contributed by atoms with Gasteiger partial charge in [0.25, 0.3) is 5.91 Å². The van der Waals surface area contributed by atoms with E-state index in [4.69, 9.17) is 17.3 Å². The van der Waals surface area contributed by atoms with Crippen LogP contribution >= 0.6 is 11.6 Å². The number of halogens is 4. The Hall–Kier alpha value is -2.59. The van der Waals surface area contributed by atoms with Crippen LogP contribution in [-0.4, -0.2) is 57.2 Å². The molecule has 0 spiro atoms. The highest BCUT2D eigenvalue weighted by atomic mass is 35.5. The predicted molar refractivity (Wildman–Crippen MR) is 99.4 cm³/mol. The van der Waals surface area contributed by atoms with E-state index in [9.17, 15) is 22.8 Å². The molecule has 0 bridgehead atoms. The van der Waals surface area contributed by atoms with Crippen LogP contribution in [0.2, 0.25) is 5.02 Å². The molecule has 0 aliphatic carbocycles. The Morgan fingerprint density at radius 3 is 2.59 bits per heavy atom. The number of carbonyl (C=O) groups excluding carboxylic acids is 2. The van der Waals surface area contributed by atoms with Crippen molar-refractivity contribution >= 4 is 23.5 Å². The molecule has 2 N–H and O–H groups in total. The number of carbonyl (C=O) groups is 2. The van der Waals surface area contributed by atoms with Gasteiger partial charge >= 0.3 is 12.2 Å². The van der Waals surface area contributed by atoms with Gasteiger partial charge in [0.05, 0.1) is 5.56 Å². The van der Waals surface area contributed by atoms with Crippen LogP contribution in [0.15, 0.2) is 30.5 Å². The molecule has 1 fully saturated rings. The molecule has 1 aromatic carbocycles. The van der Waals surface area contributed by atoms with Crippen LogP contribution in [0.3, 0.4) is 0 Å². The average Bonchev–Trinajstić information content (AvgIpc) is 3.10. The maximum atomic E-state index is 13.0. The SMILES string of the molecule is C[C@@H]1CN(Cc2cc(Cl)cc(C(F)(F)F)c2)CCN1C(=O)n1ccc(C(N)=O)n1. The lowest BCUT2D eigenvalue weighted by Crippen LogP contribution is -2.54. The molecule has 1 aromatic heterocycles. The van der Waals surface area contributed by atoms with E-state index in [1.807, 2.05) is 11.8 Å². The third kappa shape index (κ3) is 4.88. The van der Waals surface area contributed by atoms with E-state index < -0.39 is 23.7 Å². The Labute approximate surface area is 169 Å². The Balaban J connectivity index is 1.66. The van der Waals surface area contributed by atoms with Gasteiger partial charge in [-0.3, -0.25) is 9.69 Å². The minimum absolute atomic E-state index is 0.00827. The lowest BCUT2D eigenvalue weighted by atomic mass is 10.1. The number of alkyl halides is 3. The standard InChI is InChI=1S/C18H19ClF3N5O2/c1-11-9-25(10-12-6-13(18(20,21)22)8-14(19)7-12)4-5-26(11)17(29)27-3-2-15(24-27)16(23)28/h2-3,6-8,11H,4-5,9-10H2,1H3,(H2,23,28)/t11-/m1/s1. The lowest BCUT2D eigenvalue weighted by Gasteiger charge is -2.39. The molecule has 1 aliphatic rings. The van der Waals surface area contributed by atoms with Gasteiger partial charge < -0.3 is 10.6 Å². The zero-order valence-electron chi connectivity index (χ0n) is 15.5. The van der Waals surface area contributed by atoms with Crippen molar-refractivity contribution < 1.29 is 22.8 Å². The molecule has 1 atom stereocenters. The van der Waals surface area contributed by atoms with Gasteiger partial charge in [0, 0.05) is 43.4 Å². The predicted octanol–water partition coefficient (Wildman–Crippen LogP) is 2.83. The van der Waals surface area contributed by atoms with Crippen molar-refractivity contribution in [1.82, 2.24) is 19.6 Å². The minimum atomic E-state index is -4.47. The highest BCUT2D eigenvalue weighted by molar-refractivity contribution is 6.30. The fourth-order valence-electron chi connectivity index (χ4n) is 3.32. The van der Waals surface area contributed by atoms with Gasteiger partial charge in [-0.15, -0.1) is 0 Å². The fourth-order valence-corrected chi connectivity index (χ4v) is 3.58. The van der Waals surface area contributed by atoms with E-state index in [2.05, 4.69) is 5.10 Å². The van der Waals surface area contributed by atoms with Gasteiger partial charge in [0.2, 0.25) is 0 Å². The minimum Gasteiger partial charge on any atom is -0.364 e. The molecule has 11 heteroatoms. The molecule has 2 amide bonds. The molecular weight excluding hydrogens is 411 g/mol. The maximum absolute atomic E-state index is 13.0. The topological polar surface area (TPSA) is 84.5 Å². The number of piperazine rings is 1. The van der Waals surface area contributed by atoms with E-state index in [0.29, 0.717) is 25.2 Å². The van der Waals surface area contributed by atoms with Crippen molar-refractivity contribution in [2.75, 3.05) is 19.6 Å². The molecular formula is C18H19ClF3N5O2. The molecule has 156 valence electrons. The number of rotatable bonds is 3. The second-order valence-corrected chi connectivity index (χ2v) is 7.35. The smallest absolute Gasteiger partial charge is 0.364 e. The summed E-state index contributed by atoms with van der Waals surface area (Å²) >= 11 is 5.85. The summed E-state index contributed by atoms with van der Waals surface area (Å²) in [7, 11) is 0. The molecule has 2 aromatic rings. The lowest BCUT2D eigenvalue weighted by molar-refractivity contribution is -0.137. The quantitative estimate of drug-likeness (QED) is 0.813. The Morgan fingerprint density at radius 1 is 1.28 bits per heavy atom. The number of benzene rings is 1. The van der Waals surface area contributed by atoms with Crippen LogP contribution in [0.4, 0.5) is 18.0 Å². The third-order valence-corrected chi connectivity index (χ3v) is 4.90. The first-order valence-corrected chi connectivity index (χ1v) is 9.18. The largest absolute Gasteiger partial charge is 0.416 e. The van der Waals surface area contributed by atoms with Gasteiger partial charge in [-0.2, -0.15) is 23.0 Å². The van der Waals surface area contributed by atoms with Gasteiger partial charge in [-0.1, -0.05) is 11.6 Å². The molecule has 2 heterocycles. The van der Waals surface area contributed by atoms with Crippen molar-refractivity contribution in [3.05, 3.63) is 52.3 Å². The summed E-state index contributed by atoms with van der Waals surface area (Å²) in [6, 6.07) is 4.25. The summed E-state index contributed by atoms with van der Waals surface area (Å²) in [5.74, 6) is -0.728. The van der Waals surface area contributed by atoms with Crippen LogP contribution in [0.25, 0.3) is 0 Å². The maximum Gasteiger partial charge on any atom is 0.416 e. The van der Waals surface area contributed by atoms with Gasteiger partial charge in [-0.05, 0) is 36.8 Å². The molecule has 0 saturated carbocycles. The van der Waals surface area contributed by atoms with Crippen molar-refractivity contribution in [3.8, 4) is 0 Å². The normalized spacial score (nSPS) is 18.1. The monoisotopic (exact) mass is 429 g/mol. The summed E-state index contributed by atoms with van der Waals surface area (Å²) in [5, 5.41) is 3.89. The average molecular weight is 430 g/mol. The number of nitrogens with two attached hydrogens (primary N) is 1. The van der Waals surface area contributed by atoms with Crippen molar-refractivity contribution in [2.45, 2.75) is 25.7 Å². The number of hydrogen-bond acceptors (Lipinski definition) is 4. The molecule has 1 saturated heterocycles. The number of amides is 2. The van der Waals surface area contributed by atoms with E-state index >= 15 is 0 Å². The van der Waals surface area contributed by atoms with E-state index in [-0.39, 0.29) is 23.3 Å². The van der Waals surface area contributed by atoms with E-state index in [0.717, 1.165) is 16.8 Å². The third-order valence-electron chi connectivity index (χ3n) is 4.69. The molecule has 29 heavy (non-hydrogen) atoms. The molecule has 7 nitrogen and oxygen atoms in total. The van der Waals surface area contributed by atoms with Crippen molar-refractivity contribution in [2.24, 2.45) is 5.73 Å². The van der Waals surface area contributed by atoms with Crippen molar-refractivity contribution in [1.29, 1.82) is 0 Å². The summed E-state index contributed by atoms with van der Waals surface area (Å²) in [6.45, 7) is 3.40. The number of nitrogens with zero attached hydrogens (tertiary/aromatic N) is 4. The van der Waals surface area contributed by atoms with Gasteiger partial charge in [0.15, 0.2) is 5.69 Å². The number of hydrogen-bond donors (Lipinski definition) is 1. The fraction of sp³-hybridized carbons (Fsp3) is 0.389. The van der Waals surface area contributed by atoms with Crippen LogP contribution in [-0.2, 0) is 12.7 Å². The van der Waals surface area contributed by atoms with Crippen molar-refractivity contribution in [3.63, 3.8) is 0 Å².